The predicted molar refractivity (Wildman–Crippen MR) is 83.9 cm³/mol. The average molecular weight is 340 g/mol. The Morgan fingerprint density at radius 2 is 1.85 bits per heavy atom. The summed E-state index contributed by atoms with van der Waals surface area (Å²) >= 11 is 0. The molecule has 4 heteroatoms. The molecule has 1 aromatic carbocycles. The third-order valence-corrected chi connectivity index (χ3v) is 5.23. The molecule has 4 rings (SSSR count). The largest absolute Gasteiger partial charge is 0.504 e. The first-order valence-corrected chi connectivity index (χ1v) is 7.55. The molecule has 2 fully saturated rings. The summed E-state index contributed by atoms with van der Waals surface area (Å²) in [5.41, 5.74) is 2.29. The van der Waals surface area contributed by atoms with E-state index < -0.39 is 0 Å². The molecule has 0 bridgehead atoms. The number of nitrogens with zero attached hydrogens (tertiary/aromatic N) is 1. The standard InChI is InChI=1S/C16H21NO2.BrH/c18-15-8-6-11-12-2-1-9-17(10-3-4-10)14(12)7-5-13(11)16(15)19;/h6,8,10,12,14,18-19H,1-5,7,9H2;1H/t12-,14-;/m0./s1. The number of phenols is 2. The number of rotatable bonds is 1. The second-order valence-electron chi connectivity index (χ2n) is 6.32. The van der Waals surface area contributed by atoms with Crippen molar-refractivity contribution in [2.75, 3.05) is 6.54 Å². The Morgan fingerprint density at radius 1 is 1.05 bits per heavy atom. The molecule has 2 atom stereocenters. The first-order valence-electron chi connectivity index (χ1n) is 7.55. The molecule has 0 radical (unpaired) electrons. The molecule has 2 aliphatic carbocycles. The Bertz CT molecular complexity index is 515. The Hall–Kier alpha value is -0.740. The van der Waals surface area contributed by atoms with Gasteiger partial charge in [-0.2, -0.15) is 0 Å². The van der Waals surface area contributed by atoms with Crippen molar-refractivity contribution in [1.29, 1.82) is 0 Å². The lowest BCUT2D eigenvalue weighted by atomic mass is 9.74. The van der Waals surface area contributed by atoms with Gasteiger partial charge in [0.1, 0.15) is 0 Å². The highest BCUT2D eigenvalue weighted by atomic mass is 79.9. The fourth-order valence-electron chi connectivity index (χ4n) is 4.21. The first kappa shape index (κ1) is 14.2. The quantitative estimate of drug-likeness (QED) is 0.771. The zero-order valence-electron chi connectivity index (χ0n) is 11.6. The van der Waals surface area contributed by atoms with Gasteiger partial charge in [0.25, 0.3) is 0 Å². The summed E-state index contributed by atoms with van der Waals surface area (Å²) in [7, 11) is 0. The van der Waals surface area contributed by atoms with E-state index >= 15 is 0 Å². The summed E-state index contributed by atoms with van der Waals surface area (Å²) < 4.78 is 0. The average Bonchev–Trinajstić information content (AvgIpc) is 3.26. The lowest BCUT2D eigenvalue weighted by molar-refractivity contribution is 0.104. The summed E-state index contributed by atoms with van der Waals surface area (Å²) in [6.45, 7) is 1.26. The number of fused-ring (bicyclic) bond motifs is 3. The molecule has 1 heterocycles. The summed E-state index contributed by atoms with van der Waals surface area (Å²) in [6, 6.07) is 5.20. The summed E-state index contributed by atoms with van der Waals surface area (Å²) in [6.07, 6.45) is 7.27. The number of aromatic hydroxyl groups is 2. The van der Waals surface area contributed by atoms with Gasteiger partial charge >= 0.3 is 0 Å². The number of hydrogen-bond donors (Lipinski definition) is 2. The van der Waals surface area contributed by atoms with Crippen molar-refractivity contribution in [2.24, 2.45) is 0 Å². The van der Waals surface area contributed by atoms with E-state index in [0.29, 0.717) is 12.0 Å². The van der Waals surface area contributed by atoms with E-state index in [4.69, 9.17) is 0 Å². The van der Waals surface area contributed by atoms with E-state index in [2.05, 4.69) is 4.90 Å². The van der Waals surface area contributed by atoms with Crippen molar-refractivity contribution in [3.05, 3.63) is 23.3 Å². The van der Waals surface area contributed by atoms with Gasteiger partial charge in [0.05, 0.1) is 0 Å². The summed E-state index contributed by atoms with van der Waals surface area (Å²) in [4.78, 5) is 2.72. The normalized spacial score (nSPS) is 29.2. The molecule has 3 aliphatic rings. The number of hydrogen-bond acceptors (Lipinski definition) is 3. The Balaban J connectivity index is 0.00000121. The molecule has 1 saturated heterocycles. The van der Waals surface area contributed by atoms with Crippen LogP contribution in [0.5, 0.6) is 11.5 Å². The van der Waals surface area contributed by atoms with Crippen LogP contribution in [0.4, 0.5) is 0 Å². The number of phenolic OH excluding ortho intramolecular Hbond substituents is 2. The zero-order chi connectivity index (χ0) is 13.0. The van der Waals surface area contributed by atoms with Gasteiger partial charge in [-0.1, -0.05) is 6.07 Å². The van der Waals surface area contributed by atoms with Crippen molar-refractivity contribution < 1.29 is 10.2 Å². The maximum atomic E-state index is 10.1. The van der Waals surface area contributed by atoms with Crippen LogP contribution in [-0.4, -0.2) is 33.7 Å². The van der Waals surface area contributed by atoms with E-state index in [1.165, 1.54) is 37.8 Å². The van der Waals surface area contributed by atoms with Crippen molar-refractivity contribution in [1.82, 2.24) is 4.90 Å². The van der Waals surface area contributed by atoms with Gasteiger partial charge in [-0.05, 0) is 62.6 Å². The first-order chi connectivity index (χ1) is 9.25. The minimum atomic E-state index is 0. The van der Waals surface area contributed by atoms with Crippen LogP contribution in [0, 0.1) is 0 Å². The second-order valence-corrected chi connectivity index (χ2v) is 6.32. The van der Waals surface area contributed by atoms with E-state index in [-0.39, 0.29) is 28.5 Å². The number of halogens is 1. The van der Waals surface area contributed by atoms with Gasteiger partial charge in [0, 0.05) is 17.6 Å². The van der Waals surface area contributed by atoms with Crippen molar-refractivity contribution in [3.63, 3.8) is 0 Å². The predicted octanol–water partition coefficient (Wildman–Crippen LogP) is 3.33. The zero-order valence-corrected chi connectivity index (χ0v) is 13.3. The molecular formula is C16H22BrNO2. The highest BCUT2D eigenvalue weighted by molar-refractivity contribution is 8.93. The number of benzene rings is 1. The molecule has 110 valence electrons. The van der Waals surface area contributed by atoms with Gasteiger partial charge in [-0.3, -0.25) is 4.90 Å². The minimum absolute atomic E-state index is 0. The van der Waals surface area contributed by atoms with Crippen LogP contribution in [0.15, 0.2) is 12.1 Å². The van der Waals surface area contributed by atoms with Crippen LogP contribution >= 0.6 is 17.0 Å². The van der Waals surface area contributed by atoms with Gasteiger partial charge < -0.3 is 10.2 Å². The monoisotopic (exact) mass is 339 g/mol. The number of likely N-dealkylation sites (tertiary alicyclic amines) is 1. The maximum Gasteiger partial charge on any atom is 0.160 e. The third kappa shape index (κ3) is 2.13. The lowest BCUT2D eigenvalue weighted by Crippen LogP contribution is -2.47. The van der Waals surface area contributed by atoms with E-state index in [0.717, 1.165) is 24.4 Å². The van der Waals surface area contributed by atoms with Gasteiger partial charge in [0.15, 0.2) is 11.5 Å². The fourth-order valence-corrected chi connectivity index (χ4v) is 4.21. The fraction of sp³-hybridized carbons (Fsp3) is 0.625. The highest BCUT2D eigenvalue weighted by Crippen LogP contribution is 2.47. The van der Waals surface area contributed by atoms with E-state index in [1.54, 1.807) is 6.07 Å². The van der Waals surface area contributed by atoms with Crippen LogP contribution in [0.1, 0.15) is 49.1 Å². The lowest BCUT2D eigenvalue weighted by Gasteiger charge is -2.45. The molecule has 1 aromatic rings. The van der Waals surface area contributed by atoms with Crippen molar-refractivity contribution >= 4 is 17.0 Å². The van der Waals surface area contributed by atoms with Gasteiger partial charge in [0.2, 0.25) is 0 Å². The molecule has 3 nitrogen and oxygen atoms in total. The molecule has 20 heavy (non-hydrogen) atoms. The minimum Gasteiger partial charge on any atom is -0.504 e. The topological polar surface area (TPSA) is 43.7 Å². The summed E-state index contributed by atoms with van der Waals surface area (Å²) in [5.74, 6) is 0.719. The molecular weight excluding hydrogens is 318 g/mol. The summed E-state index contributed by atoms with van der Waals surface area (Å²) in [5, 5.41) is 19.7. The highest BCUT2D eigenvalue weighted by Gasteiger charge is 2.42. The van der Waals surface area contributed by atoms with Crippen LogP contribution in [-0.2, 0) is 6.42 Å². The Kier molecular flexibility index (Phi) is 3.71. The number of piperidine rings is 1. The molecule has 1 saturated carbocycles. The van der Waals surface area contributed by atoms with Crippen LogP contribution in [0.3, 0.4) is 0 Å². The van der Waals surface area contributed by atoms with Crippen LogP contribution in [0.25, 0.3) is 0 Å². The van der Waals surface area contributed by atoms with E-state index in [9.17, 15) is 10.2 Å². The molecule has 0 spiro atoms. The molecule has 1 aliphatic heterocycles. The van der Waals surface area contributed by atoms with Gasteiger partial charge in [-0.25, -0.2) is 0 Å². The smallest absolute Gasteiger partial charge is 0.160 e. The molecule has 0 amide bonds. The molecule has 0 aromatic heterocycles. The maximum absolute atomic E-state index is 10.1. The second kappa shape index (κ2) is 5.23. The Morgan fingerprint density at radius 3 is 2.60 bits per heavy atom. The van der Waals surface area contributed by atoms with E-state index in [1.807, 2.05) is 6.07 Å². The van der Waals surface area contributed by atoms with Crippen LogP contribution < -0.4 is 0 Å². The molecule has 0 unspecified atom stereocenters. The van der Waals surface area contributed by atoms with Gasteiger partial charge in [-0.15, -0.1) is 17.0 Å². The SMILES string of the molecule is Br.Oc1ccc2c(c1O)CC[C@H]1[C@H]2CCCN1C1CC1. The Labute approximate surface area is 130 Å². The van der Waals surface area contributed by atoms with Crippen molar-refractivity contribution in [2.45, 2.75) is 56.5 Å². The van der Waals surface area contributed by atoms with Crippen molar-refractivity contribution in [3.8, 4) is 11.5 Å². The van der Waals surface area contributed by atoms with Crippen LogP contribution in [0.2, 0.25) is 0 Å². The molecule has 2 N–H and O–H groups in total. The third-order valence-electron chi connectivity index (χ3n) is 5.23.